The van der Waals surface area contributed by atoms with Gasteiger partial charge in [0, 0.05) is 31.5 Å². The van der Waals surface area contributed by atoms with Crippen molar-refractivity contribution in [3.8, 4) is 11.4 Å². The van der Waals surface area contributed by atoms with Gasteiger partial charge in [0.25, 0.3) is 5.91 Å². The molecule has 4 rings (SSSR count). The Hall–Kier alpha value is -3.15. The molecule has 2 aromatic heterocycles. The largest absolute Gasteiger partial charge is 0.378 e. The number of benzene rings is 1. The predicted octanol–water partition coefficient (Wildman–Crippen LogP) is 4.06. The van der Waals surface area contributed by atoms with Crippen LogP contribution >= 0.6 is 0 Å². The van der Waals surface area contributed by atoms with Gasteiger partial charge < -0.3 is 10.2 Å². The molecular formula is C23H27N5O. The van der Waals surface area contributed by atoms with E-state index < -0.39 is 0 Å². The van der Waals surface area contributed by atoms with Gasteiger partial charge in [-0.2, -0.15) is 5.10 Å². The highest BCUT2D eigenvalue weighted by atomic mass is 16.1. The lowest BCUT2D eigenvalue weighted by molar-refractivity contribution is 0.0950. The van der Waals surface area contributed by atoms with E-state index in [9.17, 15) is 4.79 Å². The molecule has 2 heterocycles. The van der Waals surface area contributed by atoms with E-state index in [4.69, 9.17) is 5.10 Å². The van der Waals surface area contributed by atoms with E-state index in [0.29, 0.717) is 18.2 Å². The van der Waals surface area contributed by atoms with Gasteiger partial charge in [-0.15, -0.1) is 0 Å². The first-order valence-electron chi connectivity index (χ1n) is 10.2. The Kier molecular flexibility index (Phi) is 5.60. The lowest BCUT2D eigenvalue weighted by atomic mass is 10.1. The van der Waals surface area contributed by atoms with Gasteiger partial charge in [0.2, 0.25) is 0 Å². The summed E-state index contributed by atoms with van der Waals surface area (Å²) in [6.45, 7) is 0.393. The average molecular weight is 390 g/mol. The molecule has 1 aliphatic rings. The molecule has 1 amide bonds. The van der Waals surface area contributed by atoms with Gasteiger partial charge in [0.05, 0.1) is 29.7 Å². The fourth-order valence-electron chi connectivity index (χ4n) is 3.86. The van der Waals surface area contributed by atoms with Crippen LogP contribution in [0, 0.1) is 0 Å². The van der Waals surface area contributed by atoms with Crippen molar-refractivity contribution in [2.45, 2.75) is 38.3 Å². The second-order valence-electron chi connectivity index (χ2n) is 7.75. The standard InChI is InChI=1S/C23H27N5O/c1-27(2)20-11-7-8-17(14-20)23(29)25-16-18-15-22(21-12-5-6-13-24-21)28(26-18)19-9-3-4-10-19/h5-8,11-15,19H,3-4,9-10,16H2,1-2H3,(H,25,29). The molecule has 0 aliphatic heterocycles. The van der Waals surface area contributed by atoms with Crippen molar-refractivity contribution in [1.82, 2.24) is 20.1 Å². The van der Waals surface area contributed by atoms with Gasteiger partial charge in [0.1, 0.15) is 0 Å². The van der Waals surface area contributed by atoms with Crippen LogP contribution in [-0.4, -0.2) is 34.8 Å². The van der Waals surface area contributed by atoms with E-state index in [1.54, 1.807) is 6.20 Å². The minimum atomic E-state index is -0.0940. The number of anilines is 1. The van der Waals surface area contributed by atoms with Crippen molar-refractivity contribution in [3.05, 3.63) is 66.0 Å². The molecule has 29 heavy (non-hydrogen) atoms. The number of hydrogen-bond donors (Lipinski definition) is 1. The van der Waals surface area contributed by atoms with Crippen molar-refractivity contribution in [2.24, 2.45) is 0 Å². The normalized spacial score (nSPS) is 14.1. The highest BCUT2D eigenvalue weighted by Gasteiger charge is 2.22. The number of aromatic nitrogens is 3. The van der Waals surface area contributed by atoms with Crippen LogP contribution in [0.3, 0.4) is 0 Å². The number of rotatable bonds is 6. The quantitative estimate of drug-likeness (QED) is 0.691. The number of amides is 1. The van der Waals surface area contributed by atoms with Gasteiger partial charge in [-0.3, -0.25) is 14.5 Å². The highest BCUT2D eigenvalue weighted by Crippen LogP contribution is 2.33. The van der Waals surface area contributed by atoms with Gasteiger partial charge in [-0.25, -0.2) is 0 Å². The van der Waals surface area contributed by atoms with E-state index in [0.717, 1.165) is 35.6 Å². The van der Waals surface area contributed by atoms with E-state index in [2.05, 4.69) is 21.0 Å². The molecule has 1 aliphatic carbocycles. The van der Waals surface area contributed by atoms with Crippen LogP contribution in [0.4, 0.5) is 5.69 Å². The van der Waals surface area contributed by atoms with Crippen molar-refractivity contribution >= 4 is 11.6 Å². The third-order valence-electron chi connectivity index (χ3n) is 5.44. The van der Waals surface area contributed by atoms with Crippen molar-refractivity contribution < 1.29 is 4.79 Å². The fraction of sp³-hybridized carbons (Fsp3) is 0.348. The molecule has 0 radical (unpaired) electrons. The number of pyridine rings is 1. The summed E-state index contributed by atoms with van der Waals surface area (Å²) in [7, 11) is 3.93. The van der Waals surface area contributed by atoms with Crippen LogP contribution < -0.4 is 10.2 Å². The molecule has 6 heteroatoms. The SMILES string of the molecule is CN(C)c1cccc(C(=O)NCc2cc(-c3ccccn3)n(C3CCCC3)n2)c1. The summed E-state index contributed by atoms with van der Waals surface area (Å²) < 4.78 is 2.11. The van der Waals surface area contributed by atoms with Crippen molar-refractivity contribution in [3.63, 3.8) is 0 Å². The molecular weight excluding hydrogens is 362 g/mol. The molecule has 0 unspecified atom stereocenters. The number of nitrogens with one attached hydrogen (secondary N) is 1. The topological polar surface area (TPSA) is 63.1 Å². The molecule has 1 saturated carbocycles. The summed E-state index contributed by atoms with van der Waals surface area (Å²) >= 11 is 0. The highest BCUT2D eigenvalue weighted by molar-refractivity contribution is 5.95. The number of carbonyl (C=O) groups excluding carboxylic acids is 1. The summed E-state index contributed by atoms with van der Waals surface area (Å²) in [5, 5.41) is 7.84. The summed E-state index contributed by atoms with van der Waals surface area (Å²) in [6.07, 6.45) is 6.57. The Morgan fingerprint density at radius 2 is 1.97 bits per heavy atom. The molecule has 0 saturated heterocycles. The molecule has 3 aromatic rings. The van der Waals surface area contributed by atoms with Crippen molar-refractivity contribution in [1.29, 1.82) is 0 Å². The Morgan fingerprint density at radius 3 is 2.69 bits per heavy atom. The van der Waals surface area contributed by atoms with Gasteiger partial charge in [-0.05, 0) is 49.2 Å². The predicted molar refractivity (Wildman–Crippen MR) is 115 cm³/mol. The second-order valence-corrected chi connectivity index (χ2v) is 7.75. The van der Waals surface area contributed by atoms with Crippen molar-refractivity contribution in [2.75, 3.05) is 19.0 Å². The fourth-order valence-corrected chi connectivity index (χ4v) is 3.86. The van der Waals surface area contributed by atoms with Crippen LogP contribution in [0.5, 0.6) is 0 Å². The first-order valence-corrected chi connectivity index (χ1v) is 10.2. The zero-order valence-corrected chi connectivity index (χ0v) is 17.0. The zero-order valence-electron chi connectivity index (χ0n) is 17.0. The van der Waals surface area contributed by atoms with Crippen LogP contribution in [0.1, 0.15) is 47.8 Å². The third kappa shape index (κ3) is 4.31. The monoisotopic (exact) mass is 389 g/mol. The minimum Gasteiger partial charge on any atom is -0.378 e. The lowest BCUT2D eigenvalue weighted by Crippen LogP contribution is -2.23. The lowest BCUT2D eigenvalue weighted by Gasteiger charge is -2.14. The molecule has 1 N–H and O–H groups in total. The maximum Gasteiger partial charge on any atom is 0.251 e. The van der Waals surface area contributed by atoms with E-state index >= 15 is 0 Å². The molecule has 1 aromatic carbocycles. The van der Waals surface area contributed by atoms with Crippen LogP contribution in [0.25, 0.3) is 11.4 Å². The molecule has 0 atom stereocenters. The number of hydrogen-bond acceptors (Lipinski definition) is 4. The Labute approximate surface area is 171 Å². The third-order valence-corrected chi connectivity index (χ3v) is 5.44. The average Bonchev–Trinajstić information content (AvgIpc) is 3.42. The summed E-state index contributed by atoms with van der Waals surface area (Å²) in [6, 6.07) is 16.0. The first kappa shape index (κ1) is 19.2. The second kappa shape index (κ2) is 8.47. The molecule has 0 bridgehead atoms. The number of carbonyl (C=O) groups is 1. The van der Waals surface area contributed by atoms with Gasteiger partial charge in [-0.1, -0.05) is 25.0 Å². The van der Waals surface area contributed by atoms with Crippen LogP contribution in [-0.2, 0) is 6.54 Å². The van der Waals surface area contributed by atoms with Crippen LogP contribution in [0.15, 0.2) is 54.7 Å². The van der Waals surface area contributed by atoms with E-state index in [1.807, 2.05) is 61.5 Å². The summed E-state index contributed by atoms with van der Waals surface area (Å²) in [5.74, 6) is -0.0940. The zero-order chi connectivity index (χ0) is 20.2. The molecule has 1 fully saturated rings. The number of nitrogens with zero attached hydrogens (tertiary/aromatic N) is 4. The smallest absolute Gasteiger partial charge is 0.251 e. The Morgan fingerprint density at radius 1 is 1.14 bits per heavy atom. The molecule has 0 spiro atoms. The van der Waals surface area contributed by atoms with Gasteiger partial charge in [0.15, 0.2) is 0 Å². The molecule has 150 valence electrons. The van der Waals surface area contributed by atoms with E-state index in [1.165, 1.54) is 12.8 Å². The molecule has 6 nitrogen and oxygen atoms in total. The van der Waals surface area contributed by atoms with Gasteiger partial charge >= 0.3 is 0 Å². The van der Waals surface area contributed by atoms with E-state index in [-0.39, 0.29) is 5.91 Å². The maximum absolute atomic E-state index is 12.6. The Balaban J connectivity index is 1.53. The first-order chi connectivity index (χ1) is 14.1. The van der Waals surface area contributed by atoms with Crippen LogP contribution in [0.2, 0.25) is 0 Å². The summed E-state index contributed by atoms with van der Waals surface area (Å²) in [5.41, 5.74) is 4.45. The maximum atomic E-state index is 12.6. The minimum absolute atomic E-state index is 0.0940. The summed E-state index contributed by atoms with van der Waals surface area (Å²) in [4.78, 5) is 19.1. The Bertz CT molecular complexity index is 974.